The Hall–Kier alpha value is -1.36. The Bertz CT molecular complexity index is 378. The minimum atomic E-state index is -1.11. The molecule has 5 heteroatoms. The van der Waals surface area contributed by atoms with E-state index < -0.39 is 17.5 Å². The number of carbonyl (C=O) groups is 1. The normalized spacial score (nSPS) is 10.7. The lowest BCUT2D eigenvalue weighted by atomic mass is 10.2. The molecule has 0 fully saturated rings. The fraction of sp³-hybridized carbons (Fsp3) is 0. The summed E-state index contributed by atoms with van der Waals surface area (Å²) < 4.78 is 13.0. The summed E-state index contributed by atoms with van der Waals surface area (Å²) in [7, 11) is 0. The molecule has 14 heavy (non-hydrogen) atoms. The van der Waals surface area contributed by atoms with Crippen LogP contribution in [0.3, 0.4) is 0 Å². The van der Waals surface area contributed by atoms with Crippen LogP contribution in [-0.4, -0.2) is 16.2 Å². The number of phenols is 1. The van der Waals surface area contributed by atoms with Gasteiger partial charge in [0, 0.05) is 6.08 Å². The van der Waals surface area contributed by atoms with E-state index >= 15 is 0 Å². The van der Waals surface area contributed by atoms with Gasteiger partial charge in [-0.05, 0) is 39.7 Å². The Labute approximate surface area is 87.6 Å². The maximum Gasteiger partial charge on any atom is 0.328 e. The van der Waals surface area contributed by atoms with Crippen LogP contribution in [0.2, 0.25) is 0 Å². The summed E-state index contributed by atoms with van der Waals surface area (Å²) in [6.07, 6.45) is 2.16. The molecule has 0 aliphatic rings. The number of hydrogen-bond donors (Lipinski definition) is 2. The number of carboxylic acids is 1. The van der Waals surface area contributed by atoms with Crippen molar-refractivity contribution in [3.8, 4) is 5.75 Å². The van der Waals surface area contributed by atoms with Crippen molar-refractivity contribution in [3.63, 3.8) is 0 Å². The molecular formula is C9H6BrFO3. The predicted octanol–water partition coefficient (Wildman–Crippen LogP) is 2.39. The van der Waals surface area contributed by atoms with Gasteiger partial charge in [-0.15, -0.1) is 0 Å². The number of aliphatic carboxylic acids is 1. The average Bonchev–Trinajstić information content (AvgIpc) is 2.10. The second-order valence-electron chi connectivity index (χ2n) is 2.51. The lowest BCUT2D eigenvalue weighted by Gasteiger charge is -1.99. The summed E-state index contributed by atoms with van der Waals surface area (Å²) in [5.41, 5.74) is 0.401. The highest BCUT2D eigenvalue weighted by atomic mass is 79.9. The minimum Gasteiger partial charge on any atom is -0.505 e. The minimum absolute atomic E-state index is 0.0857. The summed E-state index contributed by atoms with van der Waals surface area (Å²) in [5.74, 6) is -2.40. The van der Waals surface area contributed by atoms with Gasteiger partial charge in [-0.3, -0.25) is 0 Å². The number of rotatable bonds is 2. The van der Waals surface area contributed by atoms with Crippen molar-refractivity contribution in [1.82, 2.24) is 0 Å². The van der Waals surface area contributed by atoms with Crippen molar-refractivity contribution in [3.05, 3.63) is 34.1 Å². The molecule has 0 amide bonds. The highest BCUT2D eigenvalue weighted by molar-refractivity contribution is 9.10. The molecule has 1 aromatic rings. The molecule has 0 aliphatic carbocycles. The third-order valence-electron chi connectivity index (χ3n) is 1.45. The number of hydrogen-bond acceptors (Lipinski definition) is 2. The highest BCUT2D eigenvalue weighted by Gasteiger charge is 2.06. The molecule has 1 rings (SSSR count). The third-order valence-corrected chi connectivity index (χ3v) is 2.03. The van der Waals surface area contributed by atoms with Gasteiger partial charge in [0.05, 0.1) is 4.47 Å². The van der Waals surface area contributed by atoms with Crippen LogP contribution in [0.15, 0.2) is 22.7 Å². The van der Waals surface area contributed by atoms with Crippen LogP contribution in [-0.2, 0) is 4.79 Å². The van der Waals surface area contributed by atoms with Crippen molar-refractivity contribution in [2.45, 2.75) is 0 Å². The van der Waals surface area contributed by atoms with Crippen LogP contribution in [0.25, 0.3) is 6.08 Å². The van der Waals surface area contributed by atoms with E-state index in [0.717, 1.165) is 12.1 Å². The number of aromatic hydroxyl groups is 1. The monoisotopic (exact) mass is 260 g/mol. The molecule has 0 heterocycles. The first-order valence-electron chi connectivity index (χ1n) is 3.59. The van der Waals surface area contributed by atoms with Gasteiger partial charge >= 0.3 is 5.97 Å². The second-order valence-corrected chi connectivity index (χ2v) is 3.36. The fourth-order valence-corrected chi connectivity index (χ4v) is 1.33. The summed E-state index contributed by atoms with van der Waals surface area (Å²) in [4.78, 5) is 10.2. The SMILES string of the molecule is O=C(O)/C=C/c1cc(O)c(F)c(Br)c1. The van der Waals surface area contributed by atoms with Crippen LogP contribution in [0.4, 0.5) is 4.39 Å². The molecule has 0 spiro atoms. The van der Waals surface area contributed by atoms with E-state index in [0.29, 0.717) is 5.56 Å². The van der Waals surface area contributed by atoms with E-state index in [-0.39, 0.29) is 4.47 Å². The highest BCUT2D eigenvalue weighted by Crippen LogP contribution is 2.26. The van der Waals surface area contributed by atoms with Crippen molar-refractivity contribution >= 4 is 28.0 Å². The number of phenolic OH excluding ortho intramolecular Hbond substituents is 1. The largest absolute Gasteiger partial charge is 0.505 e. The van der Waals surface area contributed by atoms with Crippen molar-refractivity contribution in [2.75, 3.05) is 0 Å². The van der Waals surface area contributed by atoms with Gasteiger partial charge in [0.2, 0.25) is 0 Å². The van der Waals surface area contributed by atoms with Crippen LogP contribution in [0, 0.1) is 5.82 Å². The van der Waals surface area contributed by atoms with Gasteiger partial charge in [-0.2, -0.15) is 0 Å². The summed E-state index contributed by atoms with van der Waals surface area (Å²) in [6.45, 7) is 0. The van der Waals surface area contributed by atoms with E-state index in [9.17, 15) is 9.18 Å². The van der Waals surface area contributed by atoms with Crippen LogP contribution in [0.5, 0.6) is 5.75 Å². The van der Waals surface area contributed by atoms with Crippen LogP contribution < -0.4 is 0 Å². The first-order valence-corrected chi connectivity index (χ1v) is 4.39. The van der Waals surface area contributed by atoms with E-state index in [2.05, 4.69) is 15.9 Å². The molecule has 2 N–H and O–H groups in total. The van der Waals surface area contributed by atoms with Gasteiger partial charge in [0.25, 0.3) is 0 Å². The molecule has 0 saturated heterocycles. The van der Waals surface area contributed by atoms with Gasteiger partial charge in [0.15, 0.2) is 11.6 Å². The lowest BCUT2D eigenvalue weighted by molar-refractivity contribution is -0.131. The van der Waals surface area contributed by atoms with E-state index in [1.54, 1.807) is 0 Å². The maximum absolute atomic E-state index is 12.9. The average molecular weight is 261 g/mol. The Kier molecular flexibility index (Phi) is 3.24. The zero-order valence-corrected chi connectivity index (χ0v) is 8.45. The predicted molar refractivity (Wildman–Crippen MR) is 52.4 cm³/mol. The van der Waals surface area contributed by atoms with Gasteiger partial charge in [-0.1, -0.05) is 0 Å². The molecular weight excluding hydrogens is 255 g/mol. The van der Waals surface area contributed by atoms with Crippen LogP contribution in [0.1, 0.15) is 5.56 Å². The van der Waals surface area contributed by atoms with Gasteiger partial charge in [0.1, 0.15) is 0 Å². The third kappa shape index (κ3) is 2.56. The number of benzene rings is 1. The number of halogens is 2. The fourth-order valence-electron chi connectivity index (χ4n) is 0.859. The Balaban J connectivity index is 3.07. The topological polar surface area (TPSA) is 57.5 Å². The van der Waals surface area contributed by atoms with E-state index in [1.807, 2.05) is 0 Å². The zero-order chi connectivity index (χ0) is 10.7. The molecule has 0 radical (unpaired) electrons. The molecule has 0 bridgehead atoms. The van der Waals surface area contributed by atoms with Crippen molar-refractivity contribution in [1.29, 1.82) is 0 Å². The molecule has 0 atom stereocenters. The molecule has 3 nitrogen and oxygen atoms in total. The molecule has 0 saturated carbocycles. The van der Waals surface area contributed by atoms with Crippen LogP contribution >= 0.6 is 15.9 Å². The lowest BCUT2D eigenvalue weighted by Crippen LogP contribution is -1.86. The van der Waals surface area contributed by atoms with E-state index in [4.69, 9.17) is 10.2 Å². The molecule has 1 aromatic carbocycles. The smallest absolute Gasteiger partial charge is 0.328 e. The second kappa shape index (κ2) is 4.23. The standard InChI is InChI=1S/C9H6BrFO3/c10-6-3-5(1-2-8(13)14)4-7(12)9(6)11/h1-4,12H,(H,13,14)/b2-1+. The first-order chi connectivity index (χ1) is 6.50. The molecule has 74 valence electrons. The first kappa shape index (κ1) is 10.7. The van der Waals surface area contributed by atoms with Gasteiger partial charge in [-0.25, -0.2) is 9.18 Å². The Morgan fingerprint density at radius 2 is 2.14 bits per heavy atom. The number of carboxylic acid groups (broad SMARTS) is 1. The quantitative estimate of drug-likeness (QED) is 0.803. The zero-order valence-electron chi connectivity index (χ0n) is 6.87. The maximum atomic E-state index is 12.9. The van der Waals surface area contributed by atoms with Gasteiger partial charge < -0.3 is 10.2 Å². The molecule has 0 unspecified atom stereocenters. The summed E-state index contributed by atoms with van der Waals surface area (Å²) in [6, 6.07) is 2.51. The Morgan fingerprint density at radius 1 is 1.50 bits per heavy atom. The Morgan fingerprint density at radius 3 is 2.64 bits per heavy atom. The van der Waals surface area contributed by atoms with Crippen molar-refractivity contribution < 1.29 is 19.4 Å². The molecule has 0 aliphatic heterocycles. The summed E-state index contributed by atoms with van der Waals surface area (Å²) >= 11 is 2.89. The molecule has 0 aromatic heterocycles. The van der Waals surface area contributed by atoms with E-state index in [1.165, 1.54) is 12.1 Å². The summed E-state index contributed by atoms with van der Waals surface area (Å²) in [5, 5.41) is 17.4. The van der Waals surface area contributed by atoms with Crippen molar-refractivity contribution in [2.24, 2.45) is 0 Å².